The van der Waals surface area contributed by atoms with Crippen molar-refractivity contribution in [2.45, 2.75) is 33.1 Å². The summed E-state index contributed by atoms with van der Waals surface area (Å²) in [7, 11) is 0. The van der Waals surface area contributed by atoms with Crippen LogP contribution in [-0.4, -0.2) is 27.2 Å². The van der Waals surface area contributed by atoms with E-state index in [1.54, 1.807) is 0 Å². The SMILES string of the molecule is C[C@@H]1CC(CN)(Cc2nn[nH]n2)C[C@H]1C. The van der Waals surface area contributed by atoms with E-state index in [-0.39, 0.29) is 5.41 Å². The van der Waals surface area contributed by atoms with Gasteiger partial charge < -0.3 is 5.73 Å². The fourth-order valence-electron chi connectivity index (χ4n) is 2.83. The van der Waals surface area contributed by atoms with E-state index in [0.29, 0.717) is 0 Å². The molecule has 0 saturated heterocycles. The number of tetrazole rings is 1. The molecule has 1 aromatic rings. The van der Waals surface area contributed by atoms with Gasteiger partial charge in [-0.05, 0) is 36.6 Å². The molecule has 1 aromatic heterocycles. The monoisotopic (exact) mass is 209 g/mol. The highest BCUT2D eigenvalue weighted by Crippen LogP contribution is 2.46. The first-order valence-electron chi connectivity index (χ1n) is 5.57. The second-order valence-corrected chi connectivity index (χ2v) is 5.07. The summed E-state index contributed by atoms with van der Waals surface area (Å²) in [6, 6.07) is 0. The topological polar surface area (TPSA) is 80.5 Å². The lowest BCUT2D eigenvalue weighted by Crippen LogP contribution is -2.31. The number of aromatic amines is 1. The number of hydrogen-bond acceptors (Lipinski definition) is 4. The third-order valence-corrected chi connectivity index (χ3v) is 3.84. The molecule has 5 heteroatoms. The van der Waals surface area contributed by atoms with Gasteiger partial charge in [-0.1, -0.05) is 19.1 Å². The largest absolute Gasteiger partial charge is 0.330 e. The molecule has 2 atom stereocenters. The Morgan fingerprint density at radius 1 is 1.40 bits per heavy atom. The van der Waals surface area contributed by atoms with Gasteiger partial charge in [0.1, 0.15) is 0 Å². The number of nitrogens with zero attached hydrogens (tertiary/aromatic N) is 3. The van der Waals surface area contributed by atoms with Crippen molar-refractivity contribution in [3.8, 4) is 0 Å². The molecule has 0 unspecified atom stereocenters. The van der Waals surface area contributed by atoms with Crippen molar-refractivity contribution in [3.05, 3.63) is 5.82 Å². The predicted molar refractivity (Wildman–Crippen MR) is 56.9 cm³/mol. The zero-order chi connectivity index (χ0) is 10.9. The standard InChI is InChI=1S/C10H19N5/c1-7-3-10(6-11,4-8(7)2)5-9-12-14-15-13-9/h7-8H,3-6,11H2,1-2H3,(H,12,13,14,15)/t7-,8-/m1/s1. The van der Waals surface area contributed by atoms with E-state index in [2.05, 4.69) is 34.5 Å². The Labute approximate surface area is 89.8 Å². The lowest BCUT2D eigenvalue weighted by atomic mass is 9.81. The van der Waals surface area contributed by atoms with E-state index in [0.717, 1.165) is 30.6 Å². The summed E-state index contributed by atoms with van der Waals surface area (Å²) in [5.41, 5.74) is 6.12. The van der Waals surface area contributed by atoms with Gasteiger partial charge in [0.25, 0.3) is 0 Å². The number of rotatable bonds is 3. The van der Waals surface area contributed by atoms with E-state index in [9.17, 15) is 0 Å². The molecule has 1 aliphatic carbocycles. The Kier molecular flexibility index (Phi) is 2.73. The summed E-state index contributed by atoms with van der Waals surface area (Å²) in [5, 5.41) is 14.1. The minimum Gasteiger partial charge on any atom is -0.330 e. The van der Waals surface area contributed by atoms with Crippen LogP contribution < -0.4 is 5.73 Å². The lowest BCUT2D eigenvalue weighted by molar-refractivity contribution is 0.285. The molecule has 0 spiro atoms. The van der Waals surface area contributed by atoms with Crippen LogP contribution in [0.25, 0.3) is 0 Å². The van der Waals surface area contributed by atoms with Crippen molar-refractivity contribution in [1.82, 2.24) is 20.6 Å². The van der Waals surface area contributed by atoms with Crippen LogP contribution >= 0.6 is 0 Å². The van der Waals surface area contributed by atoms with E-state index >= 15 is 0 Å². The number of nitrogens with one attached hydrogen (secondary N) is 1. The Balaban J connectivity index is 2.10. The molecule has 84 valence electrons. The molecule has 0 radical (unpaired) electrons. The molecular formula is C10H19N5. The Morgan fingerprint density at radius 2 is 2.07 bits per heavy atom. The average molecular weight is 209 g/mol. The summed E-state index contributed by atoms with van der Waals surface area (Å²) in [5.74, 6) is 2.29. The first-order chi connectivity index (χ1) is 7.15. The van der Waals surface area contributed by atoms with Gasteiger partial charge in [-0.2, -0.15) is 5.21 Å². The molecule has 1 saturated carbocycles. The molecule has 5 nitrogen and oxygen atoms in total. The maximum Gasteiger partial charge on any atom is 0.175 e. The van der Waals surface area contributed by atoms with Crippen molar-refractivity contribution >= 4 is 0 Å². The lowest BCUT2D eigenvalue weighted by Gasteiger charge is -2.25. The van der Waals surface area contributed by atoms with Crippen molar-refractivity contribution in [2.24, 2.45) is 23.0 Å². The quantitative estimate of drug-likeness (QED) is 0.770. The number of H-pyrrole nitrogens is 1. The predicted octanol–water partition coefficient (Wildman–Crippen LogP) is 0.753. The maximum atomic E-state index is 5.92. The minimum absolute atomic E-state index is 0.197. The minimum atomic E-state index is 0.197. The normalized spacial score (nSPS) is 29.5. The van der Waals surface area contributed by atoms with Gasteiger partial charge >= 0.3 is 0 Å². The van der Waals surface area contributed by atoms with Crippen LogP contribution in [0.4, 0.5) is 0 Å². The van der Waals surface area contributed by atoms with Gasteiger partial charge in [0.2, 0.25) is 0 Å². The summed E-state index contributed by atoms with van der Waals surface area (Å²) in [6.45, 7) is 5.33. The third kappa shape index (κ3) is 2.02. The zero-order valence-electron chi connectivity index (χ0n) is 9.40. The van der Waals surface area contributed by atoms with Gasteiger partial charge in [-0.15, -0.1) is 10.2 Å². The second kappa shape index (κ2) is 3.89. The highest BCUT2D eigenvalue weighted by molar-refractivity contribution is 4.98. The van der Waals surface area contributed by atoms with Crippen LogP contribution in [0.3, 0.4) is 0 Å². The van der Waals surface area contributed by atoms with Gasteiger partial charge in [-0.25, -0.2) is 0 Å². The van der Waals surface area contributed by atoms with Crippen LogP contribution in [0.5, 0.6) is 0 Å². The van der Waals surface area contributed by atoms with E-state index in [1.165, 1.54) is 12.8 Å². The smallest absolute Gasteiger partial charge is 0.175 e. The highest BCUT2D eigenvalue weighted by atomic mass is 15.5. The number of aromatic nitrogens is 4. The molecule has 2 rings (SSSR count). The molecule has 3 N–H and O–H groups in total. The summed E-state index contributed by atoms with van der Waals surface area (Å²) in [4.78, 5) is 0. The summed E-state index contributed by atoms with van der Waals surface area (Å²) < 4.78 is 0. The average Bonchev–Trinajstić information content (AvgIpc) is 2.78. The molecule has 0 bridgehead atoms. The van der Waals surface area contributed by atoms with E-state index < -0.39 is 0 Å². The Morgan fingerprint density at radius 3 is 2.53 bits per heavy atom. The molecular weight excluding hydrogens is 190 g/mol. The van der Waals surface area contributed by atoms with E-state index in [4.69, 9.17) is 5.73 Å². The fraction of sp³-hybridized carbons (Fsp3) is 0.900. The van der Waals surface area contributed by atoms with E-state index in [1.807, 2.05) is 0 Å². The molecule has 1 heterocycles. The third-order valence-electron chi connectivity index (χ3n) is 3.84. The second-order valence-electron chi connectivity index (χ2n) is 5.07. The van der Waals surface area contributed by atoms with Crippen LogP contribution in [0, 0.1) is 17.3 Å². The van der Waals surface area contributed by atoms with Gasteiger partial charge in [0.05, 0.1) is 0 Å². The van der Waals surface area contributed by atoms with Crippen LogP contribution in [0.2, 0.25) is 0 Å². The van der Waals surface area contributed by atoms with Crippen molar-refractivity contribution < 1.29 is 0 Å². The van der Waals surface area contributed by atoms with Gasteiger partial charge in [0, 0.05) is 6.42 Å². The van der Waals surface area contributed by atoms with Crippen LogP contribution in [0.1, 0.15) is 32.5 Å². The summed E-state index contributed by atoms with van der Waals surface area (Å²) in [6.07, 6.45) is 3.22. The molecule has 0 aromatic carbocycles. The Bertz CT molecular complexity index is 298. The molecule has 0 amide bonds. The zero-order valence-corrected chi connectivity index (χ0v) is 9.40. The van der Waals surface area contributed by atoms with Gasteiger partial charge in [-0.3, -0.25) is 0 Å². The molecule has 15 heavy (non-hydrogen) atoms. The Hall–Kier alpha value is -0.970. The fourth-order valence-corrected chi connectivity index (χ4v) is 2.83. The van der Waals surface area contributed by atoms with Gasteiger partial charge in [0.15, 0.2) is 5.82 Å². The van der Waals surface area contributed by atoms with Crippen LogP contribution in [0.15, 0.2) is 0 Å². The first kappa shape index (κ1) is 10.5. The molecule has 0 aliphatic heterocycles. The maximum absolute atomic E-state index is 5.92. The number of nitrogens with two attached hydrogens (primary N) is 1. The summed E-state index contributed by atoms with van der Waals surface area (Å²) >= 11 is 0. The van der Waals surface area contributed by atoms with Crippen molar-refractivity contribution in [2.75, 3.05) is 6.54 Å². The van der Waals surface area contributed by atoms with Crippen molar-refractivity contribution in [3.63, 3.8) is 0 Å². The number of hydrogen-bond donors (Lipinski definition) is 2. The highest BCUT2D eigenvalue weighted by Gasteiger charge is 2.41. The molecule has 1 aliphatic rings. The van der Waals surface area contributed by atoms with Crippen molar-refractivity contribution in [1.29, 1.82) is 0 Å². The first-order valence-corrected chi connectivity index (χ1v) is 5.57. The van der Waals surface area contributed by atoms with Crippen LogP contribution in [-0.2, 0) is 6.42 Å². The molecule has 1 fully saturated rings.